The van der Waals surface area contributed by atoms with Crippen LogP contribution in [0.1, 0.15) is 44.2 Å². The van der Waals surface area contributed by atoms with E-state index in [1.54, 1.807) is 6.07 Å². The van der Waals surface area contributed by atoms with Crippen molar-refractivity contribution in [1.29, 1.82) is 0 Å². The van der Waals surface area contributed by atoms with Crippen molar-refractivity contribution in [1.82, 2.24) is 15.1 Å². The maximum Gasteiger partial charge on any atom is 0.193 e. The molecule has 1 N–H and O–H groups in total. The average Bonchev–Trinajstić information content (AvgIpc) is 3.00. The highest BCUT2D eigenvalue weighted by molar-refractivity contribution is 9.10. The van der Waals surface area contributed by atoms with E-state index in [4.69, 9.17) is 16.0 Å². The Labute approximate surface area is 132 Å². The van der Waals surface area contributed by atoms with Gasteiger partial charge in [0.15, 0.2) is 5.22 Å². The van der Waals surface area contributed by atoms with Gasteiger partial charge in [-0.25, -0.2) is 0 Å². The molecule has 6 heteroatoms. The SMILES string of the molecule is CCCNC(c1ccc(Cl)o1)c1c(Br)cnn1CCC. The number of hydrogen-bond acceptors (Lipinski definition) is 3. The molecule has 20 heavy (non-hydrogen) atoms. The van der Waals surface area contributed by atoms with Crippen molar-refractivity contribution < 1.29 is 4.42 Å². The molecule has 4 nitrogen and oxygen atoms in total. The minimum absolute atomic E-state index is 0.0501. The average molecular weight is 361 g/mol. The zero-order valence-corrected chi connectivity index (χ0v) is 14.0. The topological polar surface area (TPSA) is 43.0 Å². The van der Waals surface area contributed by atoms with Crippen molar-refractivity contribution in [2.45, 2.75) is 39.3 Å². The van der Waals surface area contributed by atoms with Gasteiger partial charge in [-0.3, -0.25) is 4.68 Å². The van der Waals surface area contributed by atoms with Gasteiger partial charge in [0, 0.05) is 6.54 Å². The highest BCUT2D eigenvalue weighted by Gasteiger charge is 2.24. The molecule has 1 atom stereocenters. The summed E-state index contributed by atoms with van der Waals surface area (Å²) in [6, 6.07) is 3.63. The number of aromatic nitrogens is 2. The first kappa shape index (κ1) is 15.6. The molecule has 110 valence electrons. The van der Waals surface area contributed by atoms with Gasteiger partial charge in [-0.1, -0.05) is 13.8 Å². The first-order valence-corrected chi connectivity index (χ1v) is 8.04. The molecule has 2 aromatic rings. The van der Waals surface area contributed by atoms with Gasteiger partial charge in [0.05, 0.1) is 16.4 Å². The molecule has 1 unspecified atom stereocenters. The van der Waals surface area contributed by atoms with Crippen LogP contribution in [0.4, 0.5) is 0 Å². The minimum atomic E-state index is -0.0501. The Hall–Kier alpha value is -0.780. The second-order valence-corrected chi connectivity index (χ2v) is 5.86. The quantitative estimate of drug-likeness (QED) is 0.796. The first-order valence-electron chi connectivity index (χ1n) is 6.87. The van der Waals surface area contributed by atoms with Crippen molar-refractivity contribution in [3.05, 3.63) is 39.5 Å². The molecule has 0 radical (unpaired) electrons. The third-order valence-corrected chi connectivity index (χ3v) is 3.83. The van der Waals surface area contributed by atoms with E-state index in [1.165, 1.54) is 0 Å². The van der Waals surface area contributed by atoms with Crippen LogP contribution in [0.5, 0.6) is 0 Å². The number of furan rings is 1. The lowest BCUT2D eigenvalue weighted by molar-refractivity contribution is 0.423. The van der Waals surface area contributed by atoms with E-state index in [2.05, 4.69) is 40.2 Å². The Bertz CT molecular complexity index is 552. The van der Waals surface area contributed by atoms with Gasteiger partial charge in [-0.05, 0) is 59.1 Å². The summed E-state index contributed by atoms with van der Waals surface area (Å²) in [6.45, 7) is 6.04. The summed E-state index contributed by atoms with van der Waals surface area (Å²) in [5, 5.41) is 8.32. The van der Waals surface area contributed by atoms with Crippen LogP contribution in [0.15, 0.2) is 27.2 Å². The predicted octanol–water partition coefficient (Wildman–Crippen LogP) is 4.39. The Morgan fingerprint density at radius 3 is 2.80 bits per heavy atom. The maximum absolute atomic E-state index is 5.91. The summed E-state index contributed by atoms with van der Waals surface area (Å²) in [5.41, 5.74) is 1.08. The second kappa shape index (κ2) is 7.29. The highest BCUT2D eigenvalue weighted by atomic mass is 79.9. The lowest BCUT2D eigenvalue weighted by atomic mass is 10.1. The van der Waals surface area contributed by atoms with Gasteiger partial charge in [0.25, 0.3) is 0 Å². The third-order valence-electron chi connectivity index (χ3n) is 3.02. The highest BCUT2D eigenvalue weighted by Crippen LogP contribution is 2.31. The van der Waals surface area contributed by atoms with Crippen molar-refractivity contribution >= 4 is 27.5 Å². The van der Waals surface area contributed by atoms with Crippen LogP contribution in [0.2, 0.25) is 5.22 Å². The molecule has 0 aliphatic rings. The standard InChI is InChI=1S/C14H19BrClN3O/c1-3-7-17-13(11-5-6-12(16)20-11)14-10(15)9-18-19(14)8-4-2/h5-6,9,13,17H,3-4,7-8H2,1-2H3. The van der Waals surface area contributed by atoms with Crippen LogP contribution in [-0.2, 0) is 6.54 Å². The summed E-state index contributed by atoms with van der Waals surface area (Å²) in [4.78, 5) is 0. The fourth-order valence-electron chi connectivity index (χ4n) is 2.15. The van der Waals surface area contributed by atoms with Crippen LogP contribution < -0.4 is 5.32 Å². The number of rotatable bonds is 7. The Morgan fingerprint density at radius 2 is 2.20 bits per heavy atom. The van der Waals surface area contributed by atoms with Crippen LogP contribution in [0.3, 0.4) is 0 Å². The van der Waals surface area contributed by atoms with Crippen LogP contribution in [-0.4, -0.2) is 16.3 Å². The van der Waals surface area contributed by atoms with Gasteiger partial charge < -0.3 is 9.73 Å². The smallest absolute Gasteiger partial charge is 0.193 e. The van der Waals surface area contributed by atoms with E-state index in [-0.39, 0.29) is 6.04 Å². The molecule has 0 bridgehead atoms. The molecule has 2 aromatic heterocycles. The number of hydrogen-bond donors (Lipinski definition) is 1. The number of halogens is 2. The summed E-state index contributed by atoms with van der Waals surface area (Å²) >= 11 is 9.50. The van der Waals surface area contributed by atoms with E-state index in [1.807, 2.05) is 16.9 Å². The van der Waals surface area contributed by atoms with E-state index in [0.717, 1.165) is 41.9 Å². The van der Waals surface area contributed by atoms with Gasteiger partial charge in [0.1, 0.15) is 11.8 Å². The maximum atomic E-state index is 5.91. The second-order valence-electron chi connectivity index (χ2n) is 4.63. The summed E-state index contributed by atoms with van der Waals surface area (Å²) in [5.74, 6) is 0.807. The predicted molar refractivity (Wildman–Crippen MR) is 84.1 cm³/mol. The Kier molecular flexibility index (Phi) is 5.69. The molecule has 0 spiro atoms. The largest absolute Gasteiger partial charge is 0.448 e. The van der Waals surface area contributed by atoms with Crippen molar-refractivity contribution in [2.24, 2.45) is 0 Å². The molecule has 0 amide bonds. The van der Waals surface area contributed by atoms with Crippen molar-refractivity contribution in [3.8, 4) is 0 Å². The normalized spacial score (nSPS) is 12.8. The van der Waals surface area contributed by atoms with Gasteiger partial charge >= 0.3 is 0 Å². The van der Waals surface area contributed by atoms with Crippen molar-refractivity contribution in [2.75, 3.05) is 6.54 Å². The molecule has 2 rings (SSSR count). The zero-order valence-electron chi connectivity index (χ0n) is 11.7. The Morgan fingerprint density at radius 1 is 1.40 bits per heavy atom. The molecular weight excluding hydrogens is 342 g/mol. The fourth-order valence-corrected chi connectivity index (χ4v) is 2.83. The van der Waals surface area contributed by atoms with E-state index in [0.29, 0.717) is 5.22 Å². The molecule has 0 fully saturated rings. The number of nitrogens with one attached hydrogen (secondary N) is 1. The van der Waals surface area contributed by atoms with E-state index in [9.17, 15) is 0 Å². The molecule has 0 saturated heterocycles. The summed E-state index contributed by atoms with van der Waals surface area (Å²) < 4.78 is 8.58. The molecule has 0 aliphatic carbocycles. The molecular formula is C14H19BrClN3O. The van der Waals surface area contributed by atoms with Crippen LogP contribution in [0, 0.1) is 0 Å². The zero-order chi connectivity index (χ0) is 14.5. The Balaban J connectivity index is 2.37. The molecule has 0 aromatic carbocycles. The van der Waals surface area contributed by atoms with Gasteiger partial charge in [0.2, 0.25) is 0 Å². The monoisotopic (exact) mass is 359 g/mol. The van der Waals surface area contributed by atoms with E-state index >= 15 is 0 Å². The number of nitrogens with zero attached hydrogens (tertiary/aromatic N) is 2. The first-order chi connectivity index (χ1) is 9.67. The number of aryl methyl sites for hydroxylation is 1. The van der Waals surface area contributed by atoms with Gasteiger partial charge in [-0.2, -0.15) is 5.10 Å². The minimum Gasteiger partial charge on any atom is -0.448 e. The molecule has 0 aliphatic heterocycles. The molecule has 2 heterocycles. The summed E-state index contributed by atoms with van der Waals surface area (Å²) in [6.07, 6.45) is 3.90. The van der Waals surface area contributed by atoms with E-state index < -0.39 is 0 Å². The fraction of sp³-hybridized carbons (Fsp3) is 0.500. The van der Waals surface area contributed by atoms with Gasteiger partial charge in [-0.15, -0.1) is 0 Å². The van der Waals surface area contributed by atoms with Crippen LogP contribution >= 0.6 is 27.5 Å². The van der Waals surface area contributed by atoms with Crippen molar-refractivity contribution in [3.63, 3.8) is 0 Å². The lowest BCUT2D eigenvalue weighted by Gasteiger charge is -2.18. The lowest BCUT2D eigenvalue weighted by Crippen LogP contribution is -2.26. The summed E-state index contributed by atoms with van der Waals surface area (Å²) in [7, 11) is 0. The van der Waals surface area contributed by atoms with Crippen LogP contribution in [0.25, 0.3) is 0 Å². The molecule has 0 saturated carbocycles. The third kappa shape index (κ3) is 3.45.